The molecule has 1 aliphatic heterocycles. The van der Waals surface area contributed by atoms with E-state index in [-0.39, 0.29) is 22.4 Å². The number of rotatable bonds is 2. The standard InChI is InChI=1S/C18H11NO4/c1-2-4-11-7-8-14-15(9-11)17(21)19(16(14)20)13-6-3-5-12(10-13)18(22)23/h3,5-10H,1H3,(H,22,23). The van der Waals surface area contributed by atoms with E-state index < -0.39 is 17.8 Å². The van der Waals surface area contributed by atoms with Crippen molar-refractivity contribution in [1.29, 1.82) is 0 Å². The maximum absolute atomic E-state index is 12.6. The maximum atomic E-state index is 12.6. The molecule has 23 heavy (non-hydrogen) atoms. The normalized spacial score (nSPS) is 12.7. The summed E-state index contributed by atoms with van der Waals surface area (Å²) in [4.78, 5) is 37.1. The van der Waals surface area contributed by atoms with Crippen LogP contribution in [0.2, 0.25) is 0 Å². The molecule has 5 heteroatoms. The van der Waals surface area contributed by atoms with Gasteiger partial charge in [0.15, 0.2) is 0 Å². The molecule has 1 N–H and O–H groups in total. The summed E-state index contributed by atoms with van der Waals surface area (Å²) in [6.45, 7) is 1.68. The first kappa shape index (κ1) is 14.5. The van der Waals surface area contributed by atoms with Crippen molar-refractivity contribution in [3.05, 3.63) is 64.7 Å². The molecule has 1 heterocycles. The minimum absolute atomic E-state index is 0.0107. The summed E-state index contributed by atoms with van der Waals surface area (Å²) in [5.74, 6) is 3.51. The predicted molar refractivity (Wildman–Crippen MR) is 83.5 cm³/mol. The molecule has 0 spiro atoms. The fraction of sp³-hybridized carbons (Fsp3) is 0.0556. The van der Waals surface area contributed by atoms with Crippen molar-refractivity contribution >= 4 is 23.5 Å². The summed E-state index contributed by atoms with van der Waals surface area (Å²) in [6.07, 6.45) is 0. The van der Waals surface area contributed by atoms with E-state index in [1.165, 1.54) is 24.3 Å². The van der Waals surface area contributed by atoms with Crippen molar-refractivity contribution < 1.29 is 19.5 Å². The summed E-state index contributed by atoms with van der Waals surface area (Å²) in [6, 6.07) is 10.5. The molecule has 0 aromatic heterocycles. The fourth-order valence-corrected chi connectivity index (χ4v) is 2.48. The smallest absolute Gasteiger partial charge is 0.335 e. The van der Waals surface area contributed by atoms with Crippen molar-refractivity contribution in [1.82, 2.24) is 0 Å². The Morgan fingerprint density at radius 2 is 1.78 bits per heavy atom. The van der Waals surface area contributed by atoms with Crippen LogP contribution in [0, 0.1) is 11.8 Å². The minimum Gasteiger partial charge on any atom is -0.478 e. The van der Waals surface area contributed by atoms with Gasteiger partial charge >= 0.3 is 5.97 Å². The third-order valence-corrected chi connectivity index (χ3v) is 3.51. The minimum atomic E-state index is -1.12. The highest BCUT2D eigenvalue weighted by Crippen LogP contribution is 2.29. The Balaban J connectivity index is 2.08. The number of anilines is 1. The number of imide groups is 1. The number of amides is 2. The van der Waals surface area contributed by atoms with E-state index in [9.17, 15) is 14.4 Å². The Hall–Kier alpha value is -3.39. The molecule has 0 unspecified atom stereocenters. The average Bonchev–Trinajstić information content (AvgIpc) is 2.79. The van der Waals surface area contributed by atoms with Gasteiger partial charge in [-0.15, -0.1) is 5.92 Å². The Morgan fingerprint density at radius 3 is 2.48 bits per heavy atom. The van der Waals surface area contributed by atoms with E-state index in [1.807, 2.05) is 0 Å². The summed E-state index contributed by atoms with van der Waals surface area (Å²) in [5.41, 5.74) is 1.46. The van der Waals surface area contributed by atoms with Gasteiger partial charge in [0.25, 0.3) is 11.8 Å². The van der Waals surface area contributed by atoms with E-state index in [4.69, 9.17) is 5.11 Å². The van der Waals surface area contributed by atoms with E-state index in [2.05, 4.69) is 11.8 Å². The zero-order valence-corrected chi connectivity index (χ0v) is 12.2. The number of carbonyl (C=O) groups excluding carboxylic acids is 2. The highest BCUT2D eigenvalue weighted by Gasteiger charge is 2.36. The Kier molecular flexibility index (Phi) is 3.43. The number of carboxylic acids is 1. The molecule has 0 bridgehead atoms. The van der Waals surface area contributed by atoms with Gasteiger partial charge in [-0.05, 0) is 43.3 Å². The number of hydrogen-bond donors (Lipinski definition) is 1. The third-order valence-electron chi connectivity index (χ3n) is 3.51. The second kappa shape index (κ2) is 5.43. The van der Waals surface area contributed by atoms with Crippen molar-refractivity contribution in [2.75, 3.05) is 4.90 Å². The number of fused-ring (bicyclic) bond motifs is 1. The topological polar surface area (TPSA) is 74.7 Å². The van der Waals surface area contributed by atoms with Crippen molar-refractivity contribution in [3.8, 4) is 11.8 Å². The second-order valence-corrected chi connectivity index (χ2v) is 4.94. The highest BCUT2D eigenvalue weighted by atomic mass is 16.4. The Morgan fingerprint density at radius 1 is 1.04 bits per heavy atom. The molecular weight excluding hydrogens is 294 g/mol. The predicted octanol–water partition coefficient (Wildman–Crippen LogP) is 2.56. The van der Waals surface area contributed by atoms with E-state index in [1.54, 1.807) is 25.1 Å². The van der Waals surface area contributed by atoms with Gasteiger partial charge < -0.3 is 5.11 Å². The van der Waals surface area contributed by atoms with E-state index in [0.29, 0.717) is 5.56 Å². The van der Waals surface area contributed by atoms with Crippen LogP contribution in [0.5, 0.6) is 0 Å². The van der Waals surface area contributed by atoms with Crippen LogP contribution in [0.4, 0.5) is 5.69 Å². The number of benzene rings is 2. The highest BCUT2D eigenvalue weighted by molar-refractivity contribution is 6.34. The number of carboxylic acid groups (broad SMARTS) is 1. The fourth-order valence-electron chi connectivity index (χ4n) is 2.48. The van der Waals surface area contributed by atoms with E-state index >= 15 is 0 Å². The Bertz CT molecular complexity index is 918. The lowest BCUT2D eigenvalue weighted by Crippen LogP contribution is -2.29. The molecule has 2 aromatic rings. The lowest BCUT2D eigenvalue weighted by Gasteiger charge is -2.14. The third kappa shape index (κ3) is 2.36. The molecule has 5 nitrogen and oxygen atoms in total. The van der Waals surface area contributed by atoms with Crippen molar-refractivity contribution in [3.63, 3.8) is 0 Å². The number of aromatic carboxylic acids is 1. The molecular formula is C18H11NO4. The lowest BCUT2D eigenvalue weighted by molar-refractivity contribution is 0.0695. The van der Waals surface area contributed by atoms with Crippen LogP contribution in [0.3, 0.4) is 0 Å². The maximum Gasteiger partial charge on any atom is 0.335 e. The first-order chi connectivity index (χ1) is 11.0. The lowest BCUT2D eigenvalue weighted by atomic mass is 10.1. The van der Waals surface area contributed by atoms with E-state index in [0.717, 1.165) is 4.90 Å². The summed E-state index contributed by atoms with van der Waals surface area (Å²) in [5, 5.41) is 9.05. The zero-order chi connectivity index (χ0) is 16.6. The molecule has 0 fully saturated rings. The summed E-state index contributed by atoms with van der Waals surface area (Å²) in [7, 11) is 0. The van der Waals surface area contributed by atoms with Gasteiger partial charge in [-0.3, -0.25) is 9.59 Å². The molecule has 0 saturated heterocycles. The number of hydrogen-bond acceptors (Lipinski definition) is 3. The van der Waals surface area contributed by atoms with Gasteiger partial charge in [0.2, 0.25) is 0 Å². The van der Waals surface area contributed by atoms with Crippen molar-refractivity contribution in [2.45, 2.75) is 6.92 Å². The van der Waals surface area contributed by atoms with Gasteiger partial charge in [0.1, 0.15) is 0 Å². The van der Waals surface area contributed by atoms with Crippen LogP contribution < -0.4 is 4.90 Å². The largest absolute Gasteiger partial charge is 0.478 e. The molecule has 112 valence electrons. The van der Waals surface area contributed by atoms with Crippen LogP contribution in [-0.4, -0.2) is 22.9 Å². The van der Waals surface area contributed by atoms with Gasteiger partial charge in [-0.25, -0.2) is 9.69 Å². The molecule has 0 saturated carbocycles. The first-order valence-corrected chi connectivity index (χ1v) is 6.82. The zero-order valence-electron chi connectivity index (χ0n) is 12.2. The van der Waals surface area contributed by atoms with Crippen LogP contribution in [0.25, 0.3) is 0 Å². The Labute approximate surface area is 132 Å². The molecule has 1 aliphatic rings. The number of carbonyl (C=O) groups is 3. The molecule has 0 radical (unpaired) electrons. The van der Waals surface area contributed by atoms with Gasteiger partial charge in [-0.2, -0.15) is 0 Å². The monoisotopic (exact) mass is 305 g/mol. The SMILES string of the molecule is CC#Cc1ccc2c(c1)C(=O)N(c1cccc(C(=O)O)c1)C2=O. The van der Waals surface area contributed by atoms with Crippen molar-refractivity contribution in [2.24, 2.45) is 0 Å². The molecule has 3 rings (SSSR count). The van der Waals surface area contributed by atoms with Crippen LogP contribution in [0.15, 0.2) is 42.5 Å². The molecule has 0 atom stereocenters. The van der Waals surface area contributed by atoms with Crippen LogP contribution in [-0.2, 0) is 0 Å². The molecule has 2 aromatic carbocycles. The van der Waals surface area contributed by atoms with Crippen LogP contribution >= 0.6 is 0 Å². The quantitative estimate of drug-likeness (QED) is 0.683. The molecule has 0 aliphatic carbocycles. The van der Waals surface area contributed by atoms with Crippen LogP contribution in [0.1, 0.15) is 43.6 Å². The number of nitrogens with zero attached hydrogens (tertiary/aromatic N) is 1. The summed E-state index contributed by atoms with van der Waals surface area (Å²) < 4.78 is 0. The van der Waals surface area contributed by atoms with Gasteiger partial charge in [0, 0.05) is 5.56 Å². The first-order valence-electron chi connectivity index (χ1n) is 6.82. The van der Waals surface area contributed by atoms with Gasteiger partial charge in [-0.1, -0.05) is 12.0 Å². The summed E-state index contributed by atoms with van der Waals surface area (Å²) >= 11 is 0. The van der Waals surface area contributed by atoms with Gasteiger partial charge in [0.05, 0.1) is 22.4 Å². The second-order valence-electron chi connectivity index (χ2n) is 4.94. The average molecular weight is 305 g/mol. The molecule has 2 amide bonds.